The molecule has 1 aliphatic heterocycles. The van der Waals surface area contributed by atoms with Crippen molar-refractivity contribution in [3.63, 3.8) is 0 Å². The summed E-state index contributed by atoms with van der Waals surface area (Å²) in [5.74, 6) is -0.426. The molecular formula is C29H32N4O2. The fraction of sp³-hybridized carbons (Fsp3) is 0.345. The number of nitrogens with one attached hydrogen (secondary N) is 1. The first-order chi connectivity index (χ1) is 16.5. The maximum absolute atomic E-state index is 13.5. The second-order valence-corrected chi connectivity index (χ2v) is 10.6. The lowest BCUT2D eigenvalue weighted by Crippen LogP contribution is -2.49. The average Bonchev–Trinajstić information content (AvgIpc) is 2.80. The van der Waals surface area contributed by atoms with Crippen LogP contribution in [0.1, 0.15) is 79.4 Å². The number of hydrogen-bond acceptors (Lipinski definition) is 5. The van der Waals surface area contributed by atoms with Crippen molar-refractivity contribution in [3.05, 3.63) is 93.4 Å². The van der Waals surface area contributed by atoms with Crippen LogP contribution in [0.4, 0.5) is 0 Å². The van der Waals surface area contributed by atoms with Crippen LogP contribution < -0.4 is 11.2 Å². The number of Topliss-reactive ketones (excluding diaryl/α,β-unsaturated/α-hetero) is 1. The number of aryl methyl sites for hydroxylation is 1. The first-order valence-corrected chi connectivity index (χ1v) is 12.0. The molecule has 6 heteroatoms. The van der Waals surface area contributed by atoms with E-state index in [1.165, 1.54) is 10.6 Å². The molecule has 2 aromatic carbocycles. The van der Waals surface area contributed by atoms with Gasteiger partial charge < -0.3 is 5.73 Å². The van der Waals surface area contributed by atoms with Crippen molar-refractivity contribution in [1.82, 2.24) is 10.4 Å². The third-order valence-electron chi connectivity index (χ3n) is 6.84. The summed E-state index contributed by atoms with van der Waals surface area (Å²) < 4.78 is 0. The number of nitrogens with zero attached hydrogens (tertiary/aromatic N) is 2. The van der Waals surface area contributed by atoms with Crippen LogP contribution >= 0.6 is 0 Å². The smallest absolute Gasteiger partial charge is 0.270 e. The van der Waals surface area contributed by atoms with E-state index < -0.39 is 5.92 Å². The average molecular weight is 469 g/mol. The van der Waals surface area contributed by atoms with Gasteiger partial charge in [0.2, 0.25) is 0 Å². The summed E-state index contributed by atoms with van der Waals surface area (Å²) in [6.45, 7) is 10.3. The molecule has 0 bridgehead atoms. The van der Waals surface area contributed by atoms with Crippen molar-refractivity contribution in [1.29, 1.82) is 5.26 Å². The van der Waals surface area contributed by atoms with Gasteiger partial charge in [-0.2, -0.15) is 5.26 Å². The molecule has 1 heterocycles. The fourth-order valence-corrected chi connectivity index (χ4v) is 4.91. The van der Waals surface area contributed by atoms with Gasteiger partial charge in [-0.1, -0.05) is 69.7 Å². The lowest BCUT2D eigenvalue weighted by molar-refractivity contribution is -0.118. The maximum atomic E-state index is 13.5. The number of ketones is 1. The number of allylic oxidation sites excluding steroid dienone is 3. The first kappa shape index (κ1) is 24.3. The zero-order valence-electron chi connectivity index (χ0n) is 21.0. The Morgan fingerprint density at radius 3 is 2.31 bits per heavy atom. The molecule has 1 unspecified atom stereocenters. The number of nitriles is 1. The van der Waals surface area contributed by atoms with Gasteiger partial charge in [-0.3, -0.25) is 15.0 Å². The summed E-state index contributed by atoms with van der Waals surface area (Å²) >= 11 is 0. The number of hydrazine groups is 1. The van der Waals surface area contributed by atoms with Gasteiger partial charge >= 0.3 is 0 Å². The van der Waals surface area contributed by atoms with Crippen molar-refractivity contribution in [2.24, 2.45) is 11.1 Å². The van der Waals surface area contributed by atoms with Crippen molar-refractivity contribution in [2.45, 2.75) is 59.3 Å². The molecule has 4 rings (SSSR count). The van der Waals surface area contributed by atoms with Crippen LogP contribution in [-0.2, 0) is 4.79 Å². The van der Waals surface area contributed by atoms with Gasteiger partial charge in [0.15, 0.2) is 5.78 Å². The van der Waals surface area contributed by atoms with E-state index >= 15 is 0 Å². The molecule has 1 aliphatic carbocycles. The Labute approximate surface area is 207 Å². The molecule has 0 aromatic heterocycles. The Balaban J connectivity index is 1.83. The van der Waals surface area contributed by atoms with E-state index in [9.17, 15) is 14.9 Å². The molecule has 35 heavy (non-hydrogen) atoms. The predicted molar refractivity (Wildman–Crippen MR) is 136 cm³/mol. The van der Waals surface area contributed by atoms with Crippen LogP contribution in [0.3, 0.4) is 0 Å². The van der Waals surface area contributed by atoms with Gasteiger partial charge in [-0.25, -0.2) is 5.01 Å². The van der Waals surface area contributed by atoms with Gasteiger partial charge in [0.05, 0.1) is 23.3 Å². The molecule has 3 N–H and O–H groups in total. The summed E-state index contributed by atoms with van der Waals surface area (Å²) in [5, 5.41) is 11.6. The van der Waals surface area contributed by atoms with Gasteiger partial charge in [0.1, 0.15) is 5.82 Å². The largest absolute Gasteiger partial charge is 0.383 e. The quantitative estimate of drug-likeness (QED) is 0.643. The zero-order chi connectivity index (χ0) is 25.5. The molecule has 180 valence electrons. The normalized spacial score (nSPS) is 19.5. The molecular weight excluding hydrogens is 436 g/mol. The minimum atomic E-state index is -0.563. The molecule has 0 fully saturated rings. The molecule has 1 atom stereocenters. The van der Waals surface area contributed by atoms with E-state index in [0.29, 0.717) is 35.6 Å². The molecule has 2 aliphatic rings. The van der Waals surface area contributed by atoms with Crippen LogP contribution in [0.5, 0.6) is 0 Å². The summed E-state index contributed by atoms with van der Waals surface area (Å²) in [6.07, 6.45) is 0.910. The van der Waals surface area contributed by atoms with E-state index in [-0.39, 0.29) is 28.5 Å². The van der Waals surface area contributed by atoms with E-state index in [0.717, 1.165) is 11.1 Å². The molecule has 0 saturated heterocycles. The van der Waals surface area contributed by atoms with Gasteiger partial charge in [0.25, 0.3) is 5.91 Å². The monoisotopic (exact) mass is 468 g/mol. The summed E-state index contributed by atoms with van der Waals surface area (Å²) in [4.78, 5) is 26.7. The van der Waals surface area contributed by atoms with Gasteiger partial charge in [-0.05, 0) is 47.9 Å². The summed E-state index contributed by atoms with van der Waals surface area (Å²) in [6, 6.07) is 17.5. The Morgan fingerprint density at radius 1 is 1.11 bits per heavy atom. The Morgan fingerprint density at radius 2 is 1.74 bits per heavy atom. The minimum Gasteiger partial charge on any atom is -0.383 e. The molecule has 0 radical (unpaired) electrons. The molecule has 0 spiro atoms. The third-order valence-corrected chi connectivity index (χ3v) is 6.84. The van der Waals surface area contributed by atoms with Gasteiger partial charge in [-0.15, -0.1) is 0 Å². The Kier molecular flexibility index (Phi) is 6.29. The van der Waals surface area contributed by atoms with Crippen molar-refractivity contribution < 1.29 is 9.59 Å². The van der Waals surface area contributed by atoms with Crippen molar-refractivity contribution in [2.75, 3.05) is 0 Å². The number of amides is 1. The SMILES string of the molecule is Cc1ccc(C(=O)NN2C(N)=C(C#N)C(c3ccc(C(C)C)cc3)C3=C2CC(C)(C)CC3=O)cc1. The number of nitrogens with two attached hydrogens (primary N) is 1. The van der Waals surface area contributed by atoms with Crippen LogP contribution in [-0.4, -0.2) is 16.7 Å². The standard InChI is InChI=1S/C29H32N4O2/c1-17(2)19-10-12-20(13-11-19)25-22(16-30)27(31)33(23-14-29(4,5)15-24(34)26(23)25)32-28(35)21-8-6-18(3)7-9-21/h6-13,17,25H,14-15,31H2,1-5H3,(H,32,35). The highest BCUT2D eigenvalue weighted by Gasteiger charge is 2.44. The number of benzene rings is 2. The van der Waals surface area contributed by atoms with Crippen LogP contribution in [0.25, 0.3) is 0 Å². The zero-order valence-corrected chi connectivity index (χ0v) is 21.0. The predicted octanol–water partition coefficient (Wildman–Crippen LogP) is 5.20. The van der Waals surface area contributed by atoms with E-state index in [4.69, 9.17) is 5.73 Å². The summed E-state index contributed by atoms with van der Waals surface area (Å²) in [7, 11) is 0. The van der Waals surface area contributed by atoms with Crippen LogP contribution in [0, 0.1) is 23.7 Å². The lowest BCUT2D eigenvalue weighted by atomic mass is 9.69. The second kappa shape index (κ2) is 9.07. The number of hydrogen-bond donors (Lipinski definition) is 2. The van der Waals surface area contributed by atoms with E-state index in [2.05, 4.69) is 25.3 Å². The number of rotatable bonds is 4. The lowest BCUT2D eigenvalue weighted by Gasteiger charge is -2.43. The summed E-state index contributed by atoms with van der Waals surface area (Å²) in [5.41, 5.74) is 14.1. The van der Waals surface area contributed by atoms with Crippen molar-refractivity contribution in [3.8, 4) is 6.07 Å². The first-order valence-electron chi connectivity index (χ1n) is 12.0. The highest BCUT2D eigenvalue weighted by Crippen LogP contribution is 2.48. The second-order valence-electron chi connectivity index (χ2n) is 10.6. The minimum absolute atomic E-state index is 0.0241. The maximum Gasteiger partial charge on any atom is 0.270 e. The Bertz CT molecular complexity index is 1280. The molecule has 6 nitrogen and oxygen atoms in total. The van der Waals surface area contributed by atoms with Gasteiger partial charge in [0, 0.05) is 17.6 Å². The van der Waals surface area contributed by atoms with E-state index in [1.54, 1.807) is 12.1 Å². The van der Waals surface area contributed by atoms with Crippen molar-refractivity contribution >= 4 is 11.7 Å². The fourth-order valence-electron chi connectivity index (χ4n) is 4.91. The highest BCUT2D eigenvalue weighted by molar-refractivity contribution is 6.01. The molecule has 0 saturated carbocycles. The highest BCUT2D eigenvalue weighted by atomic mass is 16.2. The molecule has 2 aromatic rings. The molecule has 1 amide bonds. The third kappa shape index (κ3) is 4.59. The topological polar surface area (TPSA) is 99.2 Å². The van der Waals surface area contributed by atoms with Crippen LogP contribution in [0.15, 0.2) is 71.2 Å². The number of carbonyl (C=O) groups excluding carboxylic acids is 2. The van der Waals surface area contributed by atoms with E-state index in [1.807, 2.05) is 57.2 Å². The Hall–Kier alpha value is -3.85. The number of carbonyl (C=O) groups is 2. The van der Waals surface area contributed by atoms with Crippen LogP contribution in [0.2, 0.25) is 0 Å².